The molecule has 3 N–H and O–H groups in total. The van der Waals surface area contributed by atoms with Crippen molar-refractivity contribution in [2.24, 2.45) is 56.7 Å². The molecule has 5 aliphatic rings. The SMILES string of the molecule is CC(C)C1=C2[C@H]3CCC4[C@@H](CCC5C(C)(C)[C@@H](OC(=O)CC(C)(C)CC(=O)O)CC[C@]45C)[C@]3(C)CC[C@@]2([C@H](O)CNCc2ccc(Cl)cc2)CC1=O. The number of ketones is 1. The zero-order chi connectivity index (χ0) is 38.0. The molecule has 7 nitrogen and oxygen atoms in total. The smallest absolute Gasteiger partial charge is 0.306 e. The number of aliphatic carboxylic acids is 1. The Morgan fingerprint density at radius 2 is 1.60 bits per heavy atom. The fraction of sp³-hybridized carbons (Fsp3) is 0.750. The number of hydrogen-bond donors (Lipinski definition) is 3. The van der Waals surface area contributed by atoms with Gasteiger partial charge in [-0.2, -0.15) is 0 Å². The van der Waals surface area contributed by atoms with Gasteiger partial charge in [0.1, 0.15) is 6.10 Å². The average molecular weight is 738 g/mol. The van der Waals surface area contributed by atoms with Gasteiger partial charge in [0.15, 0.2) is 5.78 Å². The van der Waals surface area contributed by atoms with Crippen molar-refractivity contribution in [2.75, 3.05) is 6.54 Å². The second kappa shape index (κ2) is 14.1. The van der Waals surface area contributed by atoms with E-state index in [-0.39, 0.29) is 58.8 Å². The molecule has 0 bridgehead atoms. The van der Waals surface area contributed by atoms with E-state index in [4.69, 9.17) is 16.3 Å². The van der Waals surface area contributed by atoms with Gasteiger partial charge in [0.05, 0.1) is 18.9 Å². The Balaban J connectivity index is 1.21. The van der Waals surface area contributed by atoms with Crippen LogP contribution in [0.15, 0.2) is 35.4 Å². The van der Waals surface area contributed by atoms with Crippen molar-refractivity contribution in [1.29, 1.82) is 0 Å². The van der Waals surface area contributed by atoms with Gasteiger partial charge in [-0.25, -0.2) is 0 Å². The summed E-state index contributed by atoms with van der Waals surface area (Å²) in [6, 6.07) is 7.79. The molecule has 4 fully saturated rings. The van der Waals surface area contributed by atoms with Crippen molar-refractivity contribution < 1.29 is 29.3 Å². The van der Waals surface area contributed by atoms with Crippen LogP contribution in [-0.2, 0) is 25.7 Å². The number of fused-ring (bicyclic) bond motifs is 7. The van der Waals surface area contributed by atoms with Crippen LogP contribution in [0.25, 0.3) is 0 Å². The first-order valence-electron chi connectivity index (χ1n) is 20.1. The number of hydrogen-bond acceptors (Lipinski definition) is 6. The maximum atomic E-state index is 14.0. The fourth-order valence-electron chi connectivity index (χ4n) is 13.0. The van der Waals surface area contributed by atoms with Crippen molar-refractivity contribution >= 4 is 29.3 Å². The molecule has 9 atom stereocenters. The number of ether oxygens (including phenoxy) is 1. The summed E-state index contributed by atoms with van der Waals surface area (Å²) < 4.78 is 6.24. The zero-order valence-corrected chi connectivity index (χ0v) is 33.7. The molecule has 0 spiro atoms. The van der Waals surface area contributed by atoms with Crippen LogP contribution >= 0.6 is 11.6 Å². The van der Waals surface area contributed by atoms with Crippen LogP contribution in [0.3, 0.4) is 0 Å². The number of aliphatic hydroxyl groups excluding tert-OH is 1. The molecular formula is C44H64ClNO6. The predicted molar refractivity (Wildman–Crippen MR) is 205 cm³/mol. The van der Waals surface area contributed by atoms with E-state index in [1.807, 2.05) is 38.1 Å². The second-order valence-electron chi connectivity index (χ2n) is 19.7. The normalized spacial score (nSPS) is 36.1. The van der Waals surface area contributed by atoms with Crippen LogP contribution < -0.4 is 5.32 Å². The first kappa shape index (κ1) is 39.5. The Bertz CT molecular complexity index is 1580. The monoisotopic (exact) mass is 737 g/mol. The third kappa shape index (κ3) is 6.82. The minimum atomic E-state index is -0.898. The van der Waals surface area contributed by atoms with Crippen LogP contribution in [0.2, 0.25) is 5.02 Å². The molecule has 0 heterocycles. The van der Waals surface area contributed by atoms with Crippen molar-refractivity contribution in [3.63, 3.8) is 0 Å². The van der Waals surface area contributed by atoms with Gasteiger partial charge < -0.3 is 20.3 Å². The summed E-state index contributed by atoms with van der Waals surface area (Å²) in [7, 11) is 0. The zero-order valence-electron chi connectivity index (χ0n) is 32.9. The maximum absolute atomic E-state index is 14.0. The highest BCUT2D eigenvalue weighted by atomic mass is 35.5. The highest BCUT2D eigenvalue weighted by Gasteiger charge is 2.67. The molecule has 0 aliphatic heterocycles. The van der Waals surface area contributed by atoms with Crippen molar-refractivity contribution in [1.82, 2.24) is 5.32 Å². The fourth-order valence-corrected chi connectivity index (χ4v) is 13.1. The Morgan fingerprint density at radius 1 is 0.942 bits per heavy atom. The van der Waals surface area contributed by atoms with Gasteiger partial charge in [0.2, 0.25) is 0 Å². The number of carbonyl (C=O) groups is 3. The highest BCUT2D eigenvalue weighted by Crippen LogP contribution is 2.73. The molecule has 1 aromatic carbocycles. The number of halogens is 1. The number of allylic oxidation sites excluding steroid dienone is 1. The molecule has 2 unspecified atom stereocenters. The van der Waals surface area contributed by atoms with Gasteiger partial charge in [0, 0.05) is 35.4 Å². The summed E-state index contributed by atoms with van der Waals surface area (Å²) in [4.78, 5) is 38.5. The third-order valence-corrected chi connectivity index (χ3v) is 15.6. The largest absolute Gasteiger partial charge is 0.481 e. The molecule has 6 rings (SSSR count). The van der Waals surface area contributed by atoms with E-state index < -0.39 is 22.9 Å². The number of nitrogens with one attached hydrogen (secondary N) is 1. The number of aliphatic hydroxyl groups is 1. The van der Waals surface area contributed by atoms with Crippen LogP contribution in [0.5, 0.6) is 0 Å². The molecule has 8 heteroatoms. The van der Waals surface area contributed by atoms with Gasteiger partial charge in [-0.05, 0) is 120 Å². The first-order chi connectivity index (χ1) is 24.2. The highest BCUT2D eigenvalue weighted by molar-refractivity contribution is 6.30. The molecule has 0 aromatic heterocycles. The van der Waals surface area contributed by atoms with E-state index in [2.05, 4.69) is 46.9 Å². The average Bonchev–Trinajstić information content (AvgIpc) is 3.35. The molecule has 52 heavy (non-hydrogen) atoms. The standard InChI is InChI=1S/C44H64ClNO6/c1-26(2)38-32(47)21-44(34(48)25-46-24-27-9-11-28(45)12-10-27)20-19-42(7)29-15-16-33-41(5,6)35(52-37(51)23-40(3,4)22-36(49)50)17-18-43(33,8)30(29)13-14-31(42)39(38)44/h9-12,26,29-31,33-35,46,48H,13-25H2,1-8H3,(H,49,50)/t29-,30?,31-,33?,34-,35+,42+,43-,44+/m1/s1. The molecule has 0 saturated heterocycles. The first-order valence-corrected chi connectivity index (χ1v) is 20.5. The van der Waals surface area contributed by atoms with Gasteiger partial charge in [-0.3, -0.25) is 14.4 Å². The van der Waals surface area contributed by atoms with Crippen LogP contribution in [0.4, 0.5) is 0 Å². The van der Waals surface area contributed by atoms with E-state index in [1.54, 1.807) is 0 Å². The van der Waals surface area contributed by atoms with Crippen LogP contribution in [0, 0.1) is 56.7 Å². The van der Waals surface area contributed by atoms with Crippen LogP contribution in [0.1, 0.15) is 132 Å². The number of carboxylic acids is 1. The molecule has 0 radical (unpaired) electrons. The van der Waals surface area contributed by atoms with Crippen LogP contribution in [-0.4, -0.2) is 46.7 Å². The number of carboxylic acid groups (broad SMARTS) is 1. The molecule has 4 saturated carbocycles. The predicted octanol–water partition coefficient (Wildman–Crippen LogP) is 9.18. The molecule has 1 aromatic rings. The Hall–Kier alpha value is -2.22. The lowest BCUT2D eigenvalue weighted by Gasteiger charge is -2.68. The summed E-state index contributed by atoms with van der Waals surface area (Å²) in [5.74, 6) is 0.968. The lowest BCUT2D eigenvalue weighted by Crippen LogP contribution is -2.62. The molecule has 288 valence electrons. The third-order valence-electron chi connectivity index (χ3n) is 15.4. The summed E-state index contributed by atoms with van der Waals surface area (Å²) in [5, 5.41) is 25.6. The van der Waals surface area contributed by atoms with Gasteiger partial charge in [0.25, 0.3) is 0 Å². The maximum Gasteiger partial charge on any atom is 0.306 e. The Morgan fingerprint density at radius 3 is 2.25 bits per heavy atom. The van der Waals surface area contributed by atoms with Gasteiger partial charge >= 0.3 is 11.9 Å². The van der Waals surface area contributed by atoms with Gasteiger partial charge in [-0.15, -0.1) is 0 Å². The van der Waals surface area contributed by atoms with E-state index in [1.165, 1.54) is 5.57 Å². The lowest BCUT2D eigenvalue weighted by atomic mass is 9.37. The quantitative estimate of drug-likeness (QED) is 0.194. The van der Waals surface area contributed by atoms with E-state index >= 15 is 0 Å². The van der Waals surface area contributed by atoms with E-state index in [0.29, 0.717) is 42.3 Å². The number of Topliss-reactive ketones (excluding diaryl/α,β-unsaturated/α-hetero) is 1. The summed E-state index contributed by atoms with van der Waals surface area (Å²) in [5.41, 5.74) is 2.23. The van der Waals surface area contributed by atoms with Crippen molar-refractivity contribution in [3.8, 4) is 0 Å². The van der Waals surface area contributed by atoms with Crippen molar-refractivity contribution in [3.05, 3.63) is 46.0 Å². The second-order valence-corrected chi connectivity index (χ2v) is 20.2. The Kier molecular flexibility index (Phi) is 10.7. The Labute approximate surface area is 317 Å². The molecular weight excluding hydrogens is 674 g/mol. The van der Waals surface area contributed by atoms with E-state index in [0.717, 1.165) is 62.5 Å². The van der Waals surface area contributed by atoms with E-state index in [9.17, 15) is 24.6 Å². The number of benzene rings is 1. The lowest BCUT2D eigenvalue weighted by molar-refractivity contribution is -0.205. The van der Waals surface area contributed by atoms with Gasteiger partial charge in [-0.1, -0.05) is 84.7 Å². The number of esters is 1. The molecule has 0 amide bonds. The summed E-state index contributed by atoms with van der Waals surface area (Å²) in [6.45, 7) is 18.7. The number of carbonyl (C=O) groups excluding carboxylic acids is 2. The minimum absolute atomic E-state index is 0.0557. The summed E-state index contributed by atoms with van der Waals surface area (Å²) >= 11 is 6.10. The topological polar surface area (TPSA) is 113 Å². The van der Waals surface area contributed by atoms with Crippen molar-refractivity contribution in [2.45, 2.75) is 145 Å². The molecule has 5 aliphatic carbocycles. The minimum Gasteiger partial charge on any atom is -0.481 e. The summed E-state index contributed by atoms with van der Waals surface area (Å²) in [6.07, 6.45) is 7.70. The number of rotatable bonds is 11.